The molecule has 0 aliphatic heterocycles. The molecule has 0 rings (SSSR count). The molecule has 0 saturated carbocycles. The number of likely N-dealkylation sites (N-methyl/N-ethyl adjacent to an activating group) is 1. The first-order chi connectivity index (χ1) is 7.17. The van der Waals surface area contributed by atoms with Crippen molar-refractivity contribution in [3.8, 4) is 0 Å². The summed E-state index contributed by atoms with van der Waals surface area (Å²) in [5.41, 5.74) is 1.84. The van der Waals surface area contributed by atoms with Crippen molar-refractivity contribution in [1.29, 1.82) is 0 Å². The molecule has 78 valence electrons. The third kappa shape index (κ3) is 4.77. The summed E-state index contributed by atoms with van der Waals surface area (Å²) in [7, 11) is 1.93. The van der Waals surface area contributed by atoms with E-state index in [-0.39, 0.29) is 0 Å². The molecule has 0 fully saturated rings. The minimum absolute atomic E-state index is 0.865. The molecule has 0 aromatic heterocycles. The van der Waals surface area contributed by atoms with E-state index in [2.05, 4.69) is 26.3 Å². The van der Waals surface area contributed by atoms with Crippen molar-refractivity contribution in [1.82, 2.24) is 0 Å². The van der Waals surface area contributed by atoms with Crippen LogP contribution in [0.2, 0.25) is 0 Å². The van der Waals surface area contributed by atoms with Gasteiger partial charge in [-0.25, -0.2) is 4.58 Å². The van der Waals surface area contributed by atoms with Gasteiger partial charge < -0.3 is 0 Å². The van der Waals surface area contributed by atoms with Gasteiger partial charge in [-0.3, -0.25) is 0 Å². The lowest BCUT2D eigenvalue weighted by Crippen LogP contribution is -2.06. The molecule has 0 spiro atoms. The van der Waals surface area contributed by atoms with Crippen LogP contribution in [-0.2, 0) is 0 Å². The van der Waals surface area contributed by atoms with Gasteiger partial charge >= 0.3 is 0 Å². The molecule has 15 heavy (non-hydrogen) atoms. The van der Waals surface area contributed by atoms with Crippen molar-refractivity contribution in [2.75, 3.05) is 7.05 Å². The molecule has 1 heteroatoms. The molecule has 0 aromatic rings. The van der Waals surface area contributed by atoms with Crippen LogP contribution in [0, 0.1) is 0 Å². The Morgan fingerprint density at radius 2 is 1.73 bits per heavy atom. The normalized spacial score (nSPS) is 12.6. The Balaban J connectivity index is 5.13. The molecule has 0 saturated heterocycles. The average molecular weight is 200 g/mol. The number of rotatable bonds is 6. The maximum atomic E-state index is 3.91. The summed E-state index contributed by atoms with van der Waals surface area (Å²) in [5.74, 6) is 0. The van der Waals surface area contributed by atoms with E-state index in [9.17, 15) is 0 Å². The number of allylic oxidation sites excluding steroid dienone is 6. The van der Waals surface area contributed by atoms with Crippen LogP contribution in [0.5, 0.6) is 0 Å². The van der Waals surface area contributed by atoms with Crippen molar-refractivity contribution >= 4 is 6.21 Å². The molecule has 0 aliphatic rings. The van der Waals surface area contributed by atoms with E-state index in [1.165, 1.54) is 0 Å². The molecule has 0 amide bonds. The summed E-state index contributed by atoms with van der Waals surface area (Å²) in [6, 6.07) is 0. The zero-order valence-electron chi connectivity index (χ0n) is 9.32. The van der Waals surface area contributed by atoms with Crippen LogP contribution in [0.3, 0.4) is 0 Å². The monoisotopic (exact) mass is 200 g/mol. The van der Waals surface area contributed by atoms with Gasteiger partial charge in [-0.1, -0.05) is 50.6 Å². The van der Waals surface area contributed by atoms with Crippen molar-refractivity contribution in [3.63, 3.8) is 0 Å². The standard InChI is InChI=1S/C14H18N/c1-6-9-10-11-14(13(4)8-3)15(5)12-7-2/h6-12H,1-4H2,5H3/q+1/b10-9-,14-11+,15-12-. The maximum Gasteiger partial charge on any atom is 0.211 e. The van der Waals surface area contributed by atoms with E-state index < -0.39 is 0 Å². The molecule has 0 bridgehead atoms. The first-order valence-corrected chi connectivity index (χ1v) is 4.67. The Labute approximate surface area is 92.5 Å². The predicted octanol–water partition coefficient (Wildman–Crippen LogP) is 3.25. The molecule has 0 N–H and O–H groups in total. The number of hydrogen-bond donors (Lipinski definition) is 0. The summed E-state index contributed by atoms with van der Waals surface area (Å²) >= 11 is 0. The van der Waals surface area contributed by atoms with E-state index >= 15 is 0 Å². The fourth-order valence-electron chi connectivity index (χ4n) is 1.02. The van der Waals surface area contributed by atoms with Gasteiger partial charge in [-0.05, 0) is 6.08 Å². The Hall–Kier alpha value is -1.89. The topological polar surface area (TPSA) is 3.01 Å². The third-order valence-corrected chi connectivity index (χ3v) is 1.79. The Morgan fingerprint density at radius 1 is 1.07 bits per heavy atom. The van der Waals surface area contributed by atoms with Gasteiger partial charge in [0, 0.05) is 11.6 Å². The summed E-state index contributed by atoms with van der Waals surface area (Å²) in [6.45, 7) is 14.9. The molecule has 0 radical (unpaired) electrons. The summed E-state index contributed by atoms with van der Waals surface area (Å²) < 4.78 is 1.93. The molecular formula is C14H18N+. The molecule has 0 aliphatic carbocycles. The van der Waals surface area contributed by atoms with E-state index in [0.717, 1.165) is 11.3 Å². The Kier molecular flexibility index (Phi) is 6.56. The fraction of sp³-hybridized carbons (Fsp3) is 0.0714. The van der Waals surface area contributed by atoms with Crippen LogP contribution in [0.15, 0.2) is 74.0 Å². The number of hydrogen-bond acceptors (Lipinski definition) is 0. The van der Waals surface area contributed by atoms with Gasteiger partial charge in [0.05, 0.1) is 0 Å². The highest BCUT2D eigenvalue weighted by molar-refractivity contribution is 5.65. The highest BCUT2D eigenvalue weighted by Crippen LogP contribution is 2.08. The van der Waals surface area contributed by atoms with Crippen molar-refractivity contribution < 1.29 is 4.58 Å². The van der Waals surface area contributed by atoms with Crippen molar-refractivity contribution in [2.45, 2.75) is 0 Å². The van der Waals surface area contributed by atoms with E-state index in [0.29, 0.717) is 0 Å². The SMILES string of the molecule is C=C\C=C/C=C(C(=C)C=C)/[N+](C)=C\C=C. The second-order valence-corrected chi connectivity index (χ2v) is 2.90. The van der Waals surface area contributed by atoms with Crippen molar-refractivity contribution in [3.05, 3.63) is 74.0 Å². The first kappa shape index (κ1) is 13.1. The van der Waals surface area contributed by atoms with Crippen LogP contribution in [0.25, 0.3) is 0 Å². The molecule has 1 nitrogen and oxygen atoms in total. The second-order valence-electron chi connectivity index (χ2n) is 2.90. The van der Waals surface area contributed by atoms with Crippen molar-refractivity contribution in [2.24, 2.45) is 0 Å². The van der Waals surface area contributed by atoms with Crippen LogP contribution >= 0.6 is 0 Å². The van der Waals surface area contributed by atoms with E-state index in [4.69, 9.17) is 0 Å². The average Bonchev–Trinajstić information content (AvgIpc) is 2.23. The van der Waals surface area contributed by atoms with Crippen LogP contribution in [0.4, 0.5) is 0 Å². The third-order valence-electron chi connectivity index (χ3n) is 1.79. The lowest BCUT2D eigenvalue weighted by Gasteiger charge is -1.99. The lowest BCUT2D eigenvalue weighted by molar-refractivity contribution is -0.433. The fourth-order valence-corrected chi connectivity index (χ4v) is 1.02. The molecular weight excluding hydrogens is 182 g/mol. The number of nitrogens with zero attached hydrogens (tertiary/aromatic N) is 1. The zero-order chi connectivity index (χ0) is 11.7. The zero-order valence-corrected chi connectivity index (χ0v) is 9.32. The first-order valence-electron chi connectivity index (χ1n) is 4.67. The summed E-state index contributed by atoms with van der Waals surface area (Å²) in [4.78, 5) is 0. The smallest absolute Gasteiger partial charge is 0.201 e. The van der Waals surface area contributed by atoms with E-state index in [1.54, 1.807) is 18.2 Å². The summed E-state index contributed by atoms with van der Waals surface area (Å²) in [5, 5.41) is 0. The summed E-state index contributed by atoms with van der Waals surface area (Å²) in [6.07, 6.45) is 12.8. The van der Waals surface area contributed by atoms with Gasteiger partial charge in [0.15, 0.2) is 6.21 Å². The predicted molar refractivity (Wildman–Crippen MR) is 69.2 cm³/mol. The maximum absolute atomic E-state index is 3.91. The molecule has 0 atom stereocenters. The molecule has 0 aromatic carbocycles. The highest BCUT2D eigenvalue weighted by Gasteiger charge is 2.07. The van der Waals surface area contributed by atoms with Gasteiger partial charge in [0.2, 0.25) is 5.70 Å². The molecule has 0 heterocycles. The van der Waals surface area contributed by atoms with E-state index in [1.807, 2.05) is 36.1 Å². The van der Waals surface area contributed by atoms with Gasteiger partial charge in [0.1, 0.15) is 7.05 Å². The Bertz CT molecular complexity index is 352. The minimum Gasteiger partial charge on any atom is -0.201 e. The van der Waals surface area contributed by atoms with Crippen LogP contribution in [0.1, 0.15) is 0 Å². The van der Waals surface area contributed by atoms with Gasteiger partial charge in [-0.2, -0.15) is 0 Å². The Morgan fingerprint density at radius 3 is 2.20 bits per heavy atom. The minimum atomic E-state index is 0.865. The highest BCUT2D eigenvalue weighted by atomic mass is 15.0. The molecule has 0 unspecified atom stereocenters. The van der Waals surface area contributed by atoms with Crippen LogP contribution in [-0.4, -0.2) is 17.8 Å². The van der Waals surface area contributed by atoms with Crippen LogP contribution < -0.4 is 0 Å². The second kappa shape index (κ2) is 7.51. The van der Waals surface area contributed by atoms with Gasteiger partial charge in [-0.15, -0.1) is 0 Å². The quantitative estimate of drug-likeness (QED) is 0.352. The van der Waals surface area contributed by atoms with Gasteiger partial charge in [0.25, 0.3) is 0 Å². The lowest BCUT2D eigenvalue weighted by atomic mass is 10.2. The largest absolute Gasteiger partial charge is 0.211 e.